The second-order valence-corrected chi connectivity index (χ2v) is 18.5. The normalized spacial score (nSPS) is 13.7. The first-order valence-corrected chi connectivity index (χ1v) is 27.3. The van der Waals surface area contributed by atoms with Crippen LogP contribution in [0, 0.1) is 0 Å². The number of rotatable bonds is 48. The molecule has 0 saturated heterocycles. The lowest BCUT2D eigenvalue weighted by Gasteiger charge is -2.19. The standard InChI is InChI=1S/C53H96NO8P/c1-3-5-7-9-11-13-15-17-19-20-21-22-23-24-25-26-27-28-29-30-32-33-35-37-39-41-43-45-52(55)59-49-51(50-61-63(57,58)60-48-47-54)62-53(56)46-44-42-40-38-36-34-31-18-16-14-12-10-8-6-4-2/h6,8,12,14,18,20-21,31,36,38,51H,3-5,7,9-11,13,15-17,19,22-30,32-35,37,39-50,54H2,1-2H3,(H,57,58)/b8-6-,14-12-,21-20-,31-18-,38-36-. The van der Waals surface area contributed by atoms with Crippen LogP contribution in [0.5, 0.6) is 0 Å². The maximum absolute atomic E-state index is 12.6. The summed E-state index contributed by atoms with van der Waals surface area (Å²) < 4.78 is 32.8. The number of ether oxygens (including phenoxy) is 2. The molecule has 0 aliphatic rings. The van der Waals surface area contributed by atoms with Gasteiger partial charge in [0.2, 0.25) is 0 Å². The summed E-state index contributed by atoms with van der Waals surface area (Å²) in [6, 6.07) is 0. The average molecular weight is 906 g/mol. The van der Waals surface area contributed by atoms with Gasteiger partial charge in [0.15, 0.2) is 6.10 Å². The van der Waals surface area contributed by atoms with E-state index in [0.29, 0.717) is 6.42 Å². The summed E-state index contributed by atoms with van der Waals surface area (Å²) in [5.41, 5.74) is 5.36. The van der Waals surface area contributed by atoms with Crippen LogP contribution in [0.3, 0.4) is 0 Å². The lowest BCUT2D eigenvalue weighted by atomic mass is 10.0. The van der Waals surface area contributed by atoms with Crippen molar-refractivity contribution in [2.75, 3.05) is 26.4 Å². The molecule has 0 aliphatic carbocycles. The number of carbonyl (C=O) groups excluding carboxylic acids is 2. The molecule has 0 rings (SSSR count). The van der Waals surface area contributed by atoms with Gasteiger partial charge in [-0.25, -0.2) is 4.57 Å². The molecule has 0 aromatic carbocycles. The highest BCUT2D eigenvalue weighted by molar-refractivity contribution is 7.47. The van der Waals surface area contributed by atoms with E-state index < -0.39 is 32.5 Å². The van der Waals surface area contributed by atoms with Crippen LogP contribution in [0.4, 0.5) is 0 Å². The summed E-state index contributed by atoms with van der Waals surface area (Å²) in [6.07, 6.45) is 60.0. The van der Waals surface area contributed by atoms with Crippen LogP contribution >= 0.6 is 7.82 Å². The second-order valence-electron chi connectivity index (χ2n) is 17.0. The van der Waals surface area contributed by atoms with E-state index in [0.717, 1.165) is 57.8 Å². The minimum atomic E-state index is -4.39. The van der Waals surface area contributed by atoms with E-state index in [1.807, 2.05) is 0 Å². The van der Waals surface area contributed by atoms with Crippen LogP contribution in [-0.2, 0) is 32.7 Å². The number of nitrogens with two attached hydrogens (primary N) is 1. The summed E-state index contributed by atoms with van der Waals surface area (Å²) in [5.74, 6) is -0.874. The minimum absolute atomic E-state index is 0.0449. The predicted molar refractivity (Wildman–Crippen MR) is 266 cm³/mol. The maximum atomic E-state index is 12.6. The number of esters is 2. The van der Waals surface area contributed by atoms with E-state index in [1.165, 1.54) is 141 Å². The summed E-state index contributed by atoms with van der Waals surface area (Å²) in [7, 11) is -4.39. The highest BCUT2D eigenvalue weighted by Gasteiger charge is 2.26. The Morgan fingerprint density at radius 2 is 0.873 bits per heavy atom. The quantitative estimate of drug-likeness (QED) is 0.0265. The number of hydrogen-bond acceptors (Lipinski definition) is 8. The lowest BCUT2D eigenvalue weighted by Crippen LogP contribution is -2.29. The number of phosphoric acid groups is 1. The van der Waals surface area contributed by atoms with Gasteiger partial charge in [0.05, 0.1) is 13.2 Å². The molecule has 0 spiro atoms. The largest absolute Gasteiger partial charge is 0.472 e. The fraction of sp³-hybridized carbons (Fsp3) is 0.774. The zero-order valence-corrected chi connectivity index (χ0v) is 41.4. The van der Waals surface area contributed by atoms with Crippen molar-refractivity contribution >= 4 is 19.8 Å². The maximum Gasteiger partial charge on any atom is 0.472 e. The molecule has 0 radical (unpaired) electrons. The van der Waals surface area contributed by atoms with E-state index >= 15 is 0 Å². The van der Waals surface area contributed by atoms with Crippen molar-refractivity contribution in [3.05, 3.63) is 60.8 Å². The van der Waals surface area contributed by atoms with Gasteiger partial charge in [0.25, 0.3) is 0 Å². The van der Waals surface area contributed by atoms with Gasteiger partial charge in [0.1, 0.15) is 6.61 Å². The molecule has 0 heterocycles. The number of allylic oxidation sites excluding steroid dienone is 10. The smallest absolute Gasteiger partial charge is 0.462 e. The molecular formula is C53H96NO8P. The van der Waals surface area contributed by atoms with Gasteiger partial charge in [-0.3, -0.25) is 18.6 Å². The molecular weight excluding hydrogens is 810 g/mol. The van der Waals surface area contributed by atoms with Gasteiger partial charge in [-0.1, -0.05) is 203 Å². The van der Waals surface area contributed by atoms with E-state index in [9.17, 15) is 19.0 Å². The molecule has 63 heavy (non-hydrogen) atoms. The summed E-state index contributed by atoms with van der Waals surface area (Å²) >= 11 is 0. The Morgan fingerprint density at radius 3 is 1.35 bits per heavy atom. The Labute approximate surface area is 387 Å². The molecule has 0 saturated carbocycles. The molecule has 0 amide bonds. The molecule has 0 bridgehead atoms. The molecule has 2 unspecified atom stereocenters. The van der Waals surface area contributed by atoms with E-state index in [1.54, 1.807) is 0 Å². The van der Waals surface area contributed by atoms with Crippen molar-refractivity contribution in [1.29, 1.82) is 0 Å². The third-order valence-electron chi connectivity index (χ3n) is 10.9. The zero-order chi connectivity index (χ0) is 46.0. The molecule has 0 aliphatic heterocycles. The summed E-state index contributed by atoms with van der Waals surface area (Å²) in [5, 5.41) is 0. The van der Waals surface area contributed by atoms with Crippen molar-refractivity contribution in [2.45, 2.75) is 238 Å². The molecule has 2 atom stereocenters. The lowest BCUT2D eigenvalue weighted by molar-refractivity contribution is -0.161. The first kappa shape index (κ1) is 60.7. The first-order chi connectivity index (χ1) is 30.8. The SMILES string of the molecule is CC/C=C\C/C=C\C/C=C\C/C=C\CCCCC(=O)OC(COC(=O)CCCCCCCCCCCCCCCCC/C=C\CCCCCCCCCC)COP(=O)(O)OCCN. The molecule has 0 aromatic heterocycles. The van der Waals surface area contributed by atoms with Crippen molar-refractivity contribution in [3.63, 3.8) is 0 Å². The zero-order valence-electron chi connectivity index (χ0n) is 40.6. The Kier molecular flexibility index (Phi) is 47.4. The van der Waals surface area contributed by atoms with Gasteiger partial charge in [-0.2, -0.15) is 0 Å². The van der Waals surface area contributed by atoms with Crippen LogP contribution in [0.15, 0.2) is 60.8 Å². The van der Waals surface area contributed by atoms with E-state index in [-0.39, 0.29) is 32.6 Å². The molecule has 10 heteroatoms. The van der Waals surface area contributed by atoms with Gasteiger partial charge < -0.3 is 20.1 Å². The minimum Gasteiger partial charge on any atom is -0.462 e. The van der Waals surface area contributed by atoms with Crippen LogP contribution < -0.4 is 5.73 Å². The topological polar surface area (TPSA) is 134 Å². The second kappa shape index (κ2) is 49.2. The molecule has 9 nitrogen and oxygen atoms in total. The Morgan fingerprint density at radius 1 is 0.492 bits per heavy atom. The van der Waals surface area contributed by atoms with E-state index in [2.05, 4.69) is 74.6 Å². The average Bonchev–Trinajstić information content (AvgIpc) is 3.27. The predicted octanol–water partition coefficient (Wildman–Crippen LogP) is 15.6. The van der Waals surface area contributed by atoms with Crippen LogP contribution in [0.1, 0.15) is 232 Å². The first-order valence-electron chi connectivity index (χ1n) is 25.8. The Bertz CT molecular complexity index is 1220. The Balaban J connectivity index is 3.99. The summed E-state index contributed by atoms with van der Waals surface area (Å²) in [4.78, 5) is 35.0. The third kappa shape index (κ3) is 49.0. The summed E-state index contributed by atoms with van der Waals surface area (Å²) in [6.45, 7) is 3.59. The highest BCUT2D eigenvalue weighted by atomic mass is 31.2. The van der Waals surface area contributed by atoms with Gasteiger partial charge in [-0.05, 0) is 77.0 Å². The number of hydrogen-bond donors (Lipinski definition) is 2. The van der Waals surface area contributed by atoms with Gasteiger partial charge >= 0.3 is 19.8 Å². The Hall–Kier alpha value is -2.29. The molecule has 0 fully saturated rings. The fourth-order valence-corrected chi connectivity index (χ4v) is 7.86. The van der Waals surface area contributed by atoms with Crippen LogP contribution in [0.2, 0.25) is 0 Å². The third-order valence-corrected chi connectivity index (χ3v) is 11.9. The molecule has 0 aromatic rings. The van der Waals surface area contributed by atoms with E-state index in [4.69, 9.17) is 24.3 Å². The number of carbonyl (C=O) groups is 2. The van der Waals surface area contributed by atoms with Crippen molar-refractivity contribution in [2.24, 2.45) is 5.73 Å². The number of unbranched alkanes of at least 4 members (excludes halogenated alkanes) is 25. The monoisotopic (exact) mass is 906 g/mol. The van der Waals surface area contributed by atoms with Crippen LogP contribution in [-0.4, -0.2) is 49.3 Å². The molecule has 366 valence electrons. The number of phosphoric ester groups is 1. The van der Waals surface area contributed by atoms with Crippen molar-refractivity contribution in [1.82, 2.24) is 0 Å². The van der Waals surface area contributed by atoms with Crippen molar-refractivity contribution < 1.29 is 37.6 Å². The fourth-order valence-electron chi connectivity index (χ4n) is 7.09. The van der Waals surface area contributed by atoms with Gasteiger partial charge in [0, 0.05) is 19.4 Å². The van der Waals surface area contributed by atoms with Gasteiger partial charge in [-0.15, -0.1) is 0 Å². The van der Waals surface area contributed by atoms with Crippen molar-refractivity contribution in [3.8, 4) is 0 Å². The highest BCUT2D eigenvalue weighted by Crippen LogP contribution is 2.43. The molecule has 3 N–H and O–H groups in total. The van der Waals surface area contributed by atoms with Crippen LogP contribution in [0.25, 0.3) is 0 Å².